The first kappa shape index (κ1) is 12.0. The number of carbonyl (C=O) groups excluding carboxylic acids is 1. The van der Waals surface area contributed by atoms with Crippen molar-refractivity contribution in [3.63, 3.8) is 0 Å². The molecule has 3 rings (SSSR count). The highest BCUT2D eigenvalue weighted by Gasteiger charge is 2.33. The van der Waals surface area contributed by atoms with Crippen molar-refractivity contribution in [3.8, 4) is 0 Å². The number of nitrogens with one attached hydrogen (secondary N) is 1. The number of H-pyrrole nitrogens is 1. The molecule has 0 saturated heterocycles. The van der Waals surface area contributed by atoms with Crippen molar-refractivity contribution in [2.24, 2.45) is 0 Å². The first-order valence-electron chi connectivity index (χ1n) is 5.83. The highest BCUT2D eigenvalue weighted by Crippen LogP contribution is 2.32. The third-order valence-corrected chi connectivity index (χ3v) is 3.53. The van der Waals surface area contributed by atoms with Crippen molar-refractivity contribution in [2.45, 2.75) is 12.5 Å². The third-order valence-electron chi connectivity index (χ3n) is 3.16. The standard InChI is InChI=1S/C14H10ClNO3/c15-10-4-2-1-3-8(10)7-11-9-5-6-16-13(17)12(9)14(18)19-11/h1-6,11H,7H2,(H,16,17)/t11-/m0/s1. The van der Waals surface area contributed by atoms with E-state index >= 15 is 0 Å². The molecular formula is C14H10ClNO3. The largest absolute Gasteiger partial charge is 0.453 e. The Hall–Kier alpha value is -2.07. The van der Waals surface area contributed by atoms with Crippen molar-refractivity contribution in [3.05, 3.63) is 68.6 Å². The Kier molecular flexibility index (Phi) is 2.87. The van der Waals surface area contributed by atoms with E-state index in [4.69, 9.17) is 16.3 Å². The number of cyclic esters (lactones) is 1. The number of pyridine rings is 1. The Morgan fingerprint density at radius 2 is 2.00 bits per heavy atom. The van der Waals surface area contributed by atoms with Gasteiger partial charge in [0.15, 0.2) is 0 Å². The van der Waals surface area contributed by atoms with E-state index in [1.54, 1.807) is 12.1 Å². The van der Waals surface area contributed by atoms with Gasteiger partial charge >= 0.3 is 5.97 Å². The fourth-order valence-corrected chi connectivity index (χ4v) is 2.45. The average molecular weight is 276 g/mol. The topological polar surface area (TPSA) is 59.2 Å². The molecular weight excluding hydrogens is 266 g/mol. The average Bonchev–Trinajstić information content (AvgIpc) is 2.71. The zero-order valence-corrected chi connectivity index (χ0v) is 10.6. The van der Waals surface area contributed by atoms with Crippen molar-refractivity contribution in [2.75, 3.05) is 0 Å². The summed E-state index contributed by atoms with van der Waals surface area (Å²) in [5.74, 6) is -0.575. The molecule has 5 heteroatoms. The van der Waals surface area contributed by atoms with Crippen LogP contribution in [0.3, 0.4) is 0 Å². The lowest BCUT2D eigenvalue weighted by Gasteiger charge is -2.11. The quantitative estimate of drug-likeness (QED) is 0.857. The summed E-state index contributed by atoms with van der Waals surface area (Å²) in [5.41, 5.74) is 1.19. The first-order valence-corrected chi connectivity index (χ1v) is 6.20. The summed E-state index contributed by atoms with van der Waals surface area (Å²) in [6.07, 6.45) is 1.52. The number of esters is 1. The van der Waals surface area contributed by atoms with Crippen LogP contribution in [-0.4, -0.2) is 11.0 Å². The second-order valence-corrected chi connectivity index (χ2v) is 4.73. The molecule has 19 heavy (non-hydrogen) atoms. The van der Waals surface area contributed by atoms with E-state index < -0.39 is 17.6 Å². The number of benzene rings is 1. The maximum Gasteiger partial charge on any atom is 0.344 e. The van der Waals surface area contributed by atoms with E-state index in [9.17, 15) is 9.59 Å². The second-order valence-electron chi connectivity index (χ2n) is 4.33. The van der Waals surface area contributed by atoms with Crippen LogP contribution >= 0.6 is 11.6 Å². The molecule has 1 aliphatic heterocycles. The summed E-state index contributed by atoms with van der Waals surface area (Å²) in [7, 11) is 0. The molecule has 0 radical (unpaired) electrons. The first-order chi connectivity index (χ1) is 9.16. The number of aromatic nitrogens is 1. The van der Waals surface area contributed by atoms with Crippen molar-refractivity contribution >= 4 is 17.6 Å². The van der Waals surface area contributed by atoms with Gasteiger partial charge in [-0.3, -0.25) is 4.79 Å². The zero-order valence-electron chi connectivity index (χ0n) is 9.85. The lowest BCUT2D eigenvalue weighted by Crippen LogP contribution is -2.14. The highest BCUT2D eigenvalue weighted by atomic mass is 35.5. The summed E-state index contributed by atoms with van der Waals surface area (Å²) < 4.78 is 5.25. The Labute approximate surface area is 114 Å². The van der Waals surface area contributed by atoms with E-state index in [1.807, 2.05) is 18.2 Å². The minimum Gasteiger partial charge on any atom is -0.453 e. The van der Waals surface area contributed by atoms with Crippen LogP contribution in [0.25, 0.3) is 0 Å². The fourth-order valence-electron chi connectivity index (χ4n) is 2.24. The van der Waals surface area contributed by atoms with Gasteiger partial charge in [-0.25, -0.2) is 4.79 Å². The van der Waals surface area contributed by atoms with Crippen LogP contribution in [0.4, 0.5) is 0 Å². The van der Waals surface area contributed by atoms with Gasteiger partial charge in [0.05, 0.1) is 0 Å². The van der Waals surface area contributed by atoms with Crippen LogP contribution < -0.4 is 5.56 Å². The molecule has 0 amide bonds. The number of halogens is 1. The number of hydrogen-bond donors (Lipinski definition) is 1. The smallest absolute Gasteiger partial charge is 0.344 e. The van der Waals surface area contributed by atoms with Gasteiger partial charge in [-0.1, -0.05) is 29.8 Å². The van der Waals surface area contributed by atoms with Gasteiger partial charge in [0.2, 0.25) is 0 Å². The molecule has 0 spiro atoms. The molecule has 1 aromatic carbocycles. The molecule has 1 atom stereocenters. The third kappa shape index (κ3) is 2.04. The lowest BCUT2D eigenvalue weighted by molar-refractivity contribution is 0.0386. The Bertz CT molecular complexity index is 708. The zero-order chi connectivity index (χ0) is 13.4. The summed E-state index contributed by atoms with van der Waals surface area (Å²) in [6, 6.07) is 9.07. The Morgan fingerprint density at radius 3 is 2.79 bits per heavy atom. The van der Waals surface area contributed by atoms with Crippen LogP contribution in [0.2, 0.25) is 5.02 Å². The van der Waals surface area contributed by atoms with Crippen molar-refractivity contribution < 1.29 is 9.53 Å². The molecule has 1 aromatic heterocycles. The van der Waals surface area contributed by atoms with Crippen LogP contribution in [0.1, 0.15) is 27.6 Å². The Morgan fingerprint density at radius 1 is 1.21 bits per heavy atom. The van der Waals surface area contributed by atoms with Crippen molar-refractivity contribution in [1.29, 1.82) is 0 Å². The summed E-state index contributed by atoms with van der Waals surface area (Å²) >= 11 is 6.09. The highest BCUT2D eigenvalue weighted by molar-refractivity contribution is 6.31. The van der Waals surface area contributed by atoms with Gasteiger partial charge < -0.3 is 9.72 Å². The van der Waals surface area contributed by atoms with Gasteiger partial charge in [0.1, 0.15) is 11.7 Å². The normalized spacial score (nSPS) is 17.1. The van der Waals surface area contributed by atoms with E-state index in [-0.39, 0.29) is 5.56 Å². The monoisotopic (exact) mass is 275 g/mol. The molecule has 1 N–H and O–H groups in total. The maximum absolute atomic E-state index is 11.7. The predicted molar refractivity (Wildman–Crippen MR) is 70.4 cm³/mol. The molecule has 1 aliphatic rings. The lowest BCUT2D eigenvalue weighted by atomic mass is 10.0. The summed E-state index contributed by atoms with van der Waals surface area (Å²) in [5, 5.41) is 0.622. The maximum atomic E-state index is 11.7. The molecule has 2 heterocycles. The molecule has 0 aliphatic carbocycles. The summed E-state index contributed by atoms with van der Waals surface area (Å²) in [4.78, 5) is 25.8. The van der Waals surface area contributed by atoms with E-state index in [0.717, 1.165) is 5.56 Å². The minimum absolute atomic E-state index is 0.0968. The van der Waals surface area contributed by atoms with Gasteiger partial charge in [-0.05, 0) is 17.7 Å². The SMILES string of the molecule is O=C1O[C@@H](Cc2ccccc2Cl)c2cc[nH]c(=O)c21. The fraction of sp³-hybridized carbons (Fsp3) is 0.143. The van der Waals surface area contributed by atoms with Gasteiger partial charge in [-0.15, -0.1) is 0 Å². The van der Waals surface area contributed by atoms with Gasteiger partial charge in [0.25, 0.3) is 5.56 Å². The molecule has 4 nitrogen and oxygen atoms in total. The van der Waals surface area contributed by atoms with Gasteiger partial charge in [-0.2, -0.15) is 0 Å². The van der Waals surface area contributed by atoms with E-state index in [1.165, 1.54) is 6.20 Å². The number of fused-ring (bicyclic) bond motifs is 1. The number of rotatable bonds is 2. The number of hydrogen-bond acceptors (Lipinski definition) is 3. The predicted octanol–water partition coefficient (Wildman–Crippen LogP) is 2.48. The minimum atomic E-state index is -0.575. The number of ether oxygens (including phenoxy) is 1. The van der Waals surface area contributed by atoms with Gasteiger partial charge in [0, 0.05) is 23.2 Å². The number of aromatic amines is 1. The van der Waals surface area contributed by atoms with Crippen LogP contribution in [0.15, 0.2) is 41.3 Å². The van der Waals surface area contributed by atoms with Crippen LogP contribution in [0, 0.1) is 0 Å². The second kappa shape index (κ2) is 4.55. The molecule has 0 unspecified atom stereocenters. The van der Waals surface area contributed by atoms with Crippen LogP contribution in [0.5, 0.6) is 0 Å². The Balaban J connectivity index is 1.98. The molecule has 96 valence electrons. The van der Waals surface area contributed by atoms with Crippen molar-refractivity contribution in [1.82, 2.24) is 4.98 Å². The van der Waals surface area contributed by atoms with Crippen LogP contribution in [-0.2, 0) is 11.2 Å². The van der Waals surface area contributed by atoms with E-state index in [0.29, 0.717) is 17.0 Å². The molecule has 0 fully saturated rings. The molecule has 0 saturated carbocycles. The van der Waals surface area contributed by atoms with E-state index in [2.05, 4.69) is 4.98 Å². The molecule has 0 bridgehead atoms. The summed E-state index contributed by atoms with van der Waals surface area (Å²) in [6.45, 7) is 0. The molecule has 2 aromatic rings. The number of carbonyl (C=O) groups is 1.